The molecule has 0 spiro atoms. The lowest BCUT2D eigenvalue weighted by molar-refractivity contribution is -0.126. The fourth-order valence-electron chi connectivity index (χ4n) is 3.54. The fraction of sp³-hybridized carbons (Fsp3) is 0.333. The predicted molar refractivity (Wildman–Crippen MR) is 106 cm³/mol. The zero-order valence-electron chi connectivity index (χ0n) is 14.9. The Bertz CT molecular complexity index is 887. The molecule has 3 aromatic rings. The topological polar surface area (TPSA) is 45.2 Å². The van der Waals surface area contributed by atoms with Crippen molar-refractivity contribution in [3.63, 3.8) is 0 Å². The van der Waals surface area contributed by atoms with Gasteiger partial charge >= 0.3 is 0 Å². The third-order valence-corrected chi connectivity index (χ3v) is 6.09. The van der Waals surface area contributed by atoms with Crippen molar-refractivity contribution in [2.45, 2.75) is 31.8 Å². The molecule has 0 radical (unpaired) electrons. The summed E-state index contributed by atoms with van der Waals surface area (Å²) in [4.78, 5) is 19.4. The number of likely N-dealkylation sites (N-methyl/N-ethyl adjacent to an activating group) is 1. The van der Waals surface area contributed by atoms with E-state index < -0.39 is 0 Å². The molecule has 4 rings (SSSR count). The molecule has 0 fully saturated rings. The van der Waals surface area contributed by atoms with Crippen LogP contribution in [0.25, 0.3) is 10.2 Å². The largest absolute Gasteiger partial charge is 0.355 e. The van der Waals surface area contributed by atoms with Crippen LogP contribution < -0.4 is 5.32 Å². The van der Waals surface area contributed by atoms with Crippen LogP contribution in [-0.2, 0) is 24.2 Å². The van der Waals surface area contributed by atoms with Gasteiger partial charge in [-0.1, -0.05) is 36.4 Å². The molecule has 0 bridgehead atoms. The van der Waals surface area contributed by atoms with Gasteiger partial charge < -0.3 is 5.32 Å². The van der Waals surface area contributed by atoms with Gasteiger partial charge in [0.05, 0.1) is 21.3 Å². The SMILES string of the molecule is CN1Cc2ccccc2C[C@@H]1C(=O)NCCCc1nc2ccccc2s1. The van der Waals surface area contributed by atoms with Gasteiger partial charge in [0.25, 0.3) is 0 Å². The van der Waals surface area contributed by atoms with Crippen LogP contribution >= 0.6 is 11.3 Å². The monoisotopic (exact) mass is 365 g/mol. The van der Waals surface area contributed by atoms with E-state index in [0.717, 1.165) is 36.3 Å². The zero-order valence-corrected chi connectivity index (χ0v) is 15.8. The van der Waals surface area contributed by atoms with Crippen molar-refractivity contribution in [2.75, 3.05) is 13.6 Å². The summed E-state index contributed by atoms with van der Waals surface area (Å²) in [5.74, 6) is 0.131. The molecule has 2 aromatic carbocycles. The number of nitrogens with zero attached hydrogens (tertiary/aromatic N) is 2. The van der Waals surface area contributed by atoms with E-state index in [-0.39, 0.29) is 11.9 Å². The highest BCUT2D eigenvalue weighted by Crippen LogP contribution is 2.23. The number of fused-ring (bicyclic) bond motifs is 2. The van der Waals surface area contributed by atoms with E-state index in [1.165, 1.54) is 15.8 Å². The first-order valence-electron chi connectivity index (χ1n) is 9.10. The van der Waals surface area contributed by atoms with Gasteiger partial charge in [-0.2, -0.15) is 0 Å². The quantitative estimate of drug-likeness (QED) is 0.705. The number of carbonyl (C=O) groups is 1. The summed E-state index contributed by atoms with van der Waals surface area (Å²) in [6, 6.07) is 16.5. The van der Waals surface area contributed by atoms with Crippen molar-refractivity contribution in [3.8, 4) is 0 Å². The molecule has 1 N–H and O–H groups in total. The molecular formula is C21H23N3OS. The second-order valence-electron chi connectivity index (χ2n) is 6.87. The first kappa shape index (κ1) is 17.2. The van der Waals surface area contributed by atoms with E-state index in [1.807, 2.05) is 25.2 Å². The van der Waals surface area contributed by atoms with E-state index in [1.54, 1.807) is 11.3 Å². The Hall–Kier alpha value is -2.24. The van der Waals surface area contributed by atoms with Crippen LogP contribution in [0.15, 0.2) is 48.5 Å². The summed E-state index contributed by atoms with van der Waals surface area (Å²) < 4.78 is 1.23. The van der Waals surface area contributed by atoms with Crippen LogP contribution in [0.4, 0.5) is 0 Å². The van der Waals surface area contributed by atoms with E-state index in [4.69, 9.17) is 0 Å². The molecule has 1 amide bonds. The first-order valence-corrected chi connectivity index (χ1v) is 9.91. The van der Waals surface area contributed by atoms with Crippen molar-refractivity contribution in [3.05, 3.63) is 64.7 Å². The minimum atomic E-state index is -0.0765. The van der Waals surface area contributed by atoms with Crippen LogP contribution in [-0.4, -0.2) is 35.4 Å². The molecule has 4 nitrogen and oxygen atoms in total. The lowest BCUT2D eigenvalue weighted by atomic mass is 9.94. The average molecular weight is 366 g/mol. The highest BCUT2D eigenvalue weighted by molar-refractivity contribution is 7.18. The highest BCUT2D eigenvalue weighted by Gasteiger charge is 2.28. The lowest BCUT2D eigenvalue weighted by Gasteiger charge is -2.33. The maximum absolute atomic E-state index is 12.6. The number of hydrogen-bond acceptors (Lipinski definition) is 4. The van der Waals surface area contributed by atoms with Gasteiger partial charge in [-0.3, -0.25) is 9.69 Å². The van der Waals surface area contributed by atoms with E-state index in [2.05, 4.69) is 45.5 Å². The second-order valence-corrected chi connectivity index (χ2v) is 7.99. The highest BCUT2D eigenvalue weighted by atomic mass is 32.1. The van der Waals surface area contributed by atoms with E-state index in [9.17, 15) is 4.79 Å². The number of thiazole rings is 1. The number of aromatic nitrogens is 1. The summed E-state index contributed by atoms with van der Waals surface area (Å²) in [7, 11) is 2.03. The minimum Gasteiger partial charge on any atom is -0.355 e. The Balaban J connectivity index is 1.29. The first-order chi connectivity index (χ1) is 12.7. The van der Waals surface area contributed by atoms with Crippen LogP contribution in [0.1, 0.15) is 22.6 Å². The third-order valence-electron chi connectivity index (χ3n) is 4.99. The van der Waals surface area contributed by atoms with Crippen LogP contribution in [0.5, 0.6) is 0 Å². The number of nitrogens with one attached hydrogen (secondary N) is 1. The zero-order chi connectivity index (χ0) is 17.9. The van der Waals surface area contributed by atoms with Crippen molar-refractivity contribution >= 4 is 27.5 Å². The maximum atomic E-state index is 12.6. The summed E-state index contributed by atoms with van der Waals surface area (Å²) in [5, 5.41) is 4.26. The number of amides is 1. The Morgan fingerprint density at radius 2 is 1.96 bits per heavy atom. The molecule has 1 aliphatic rings. The molecule has 0 saturated carbocycles. The normalized spacial score (nSPS) is 17.2. The Morgan fingerprint density at radius 3 is 2.81 bits per heavy atom. The lowest BCUT2D eigenvalue weighted by Crippen LogP contribution is -2.48. The summed E-state index contributed by atoms with van der Waals surface area (Å²) in [6.07, 6.45) is 2.61. The number of aryl methyl sites for hydroxylation is 1. The molecule has 0 unspecified atom stereocenters. The van der Waals surface area contributed by atoms with Gasteiger partial charge in [-0.15, -0.1) is 11.3 Å². The second kappa shape index (κ2) is 7.56. The molecule has 1 aliphatic heterocycles. The molecule has 26 heavy (non-hydrogen) atoms. The minimum absolute atomic E-state index is 0.0765. The molecule has 1 atom stereocenters. The van der Waals surface area contributed by atoms with E-state index >= 15 is 0 Å². The van der Waals surface area contributed by atoms with E-state index in [0.29, 0.717) is 6.54 Å². The Morgan fingerprint density at radius 1 is 1.19 bits per heavy atom. The molecule has 1 aromatic heterocycles. The third kappa shape index (κ3) is 3.64. The smallest absolute Gasteiger partial charge is 0.237 e. The summed E-state index contributed by atoms with van der Waals surface area (Å²) in [6.45, 7) is 1.53. The van der Waals surface area contributed by atoms with Crippen LogP contribution in [0.3, 0.4) is 0 Å². The van der Waals surface area contributed by atoms with Gasteiger partial charge in [0, 0.05) is 19.5 Å². The predicted octanol–water partition coefficient (Wildman–Crippen LogP) is 3.40. The van der Waals surface area contributed by atoms with Crippen LogP contribution in [0.2, 0.25) is 0 Å². The standard InChI is InChI=1S/C21H23N3OS/c1-24-14-16-8-3-2-7-15(16)13-18(24)21(25)22-12-6-11-20-23-17-9-4-5-10-19(17)26-20/h2-5,7-10,18H,6,11-14H2,1H3,(H,22,25)/t18-/m1/s1. The van der Waals surface area contributed by atoms with Crippen LogP contribution in [0, 0.1) is 0 Å². The van der Waals surface area contributed by atoms with Crippen molar-refractivity contribution < 1.29 is 4.79 Å². The number of benzene rings is 2. The molecular weight excluding hydrogens is 342 g/mol. The number of para-hydroxylation sites is 1. The molecule has 134 valence electrons. The Kier molecular flexibility index (Phi) is 5.00. The van der Waals surface area contributed by atoms with Crippen molar-refractivity contribution in [1.29, 1.82) is 0 Å². The molecule has 0 saturated heterocycles. The number of hydrogen-bond donors (Lipinski definition) is 1. The van der Waals surface area contributed by atoms with Gasteiger partial charge in [0.2, 0.25) is 5.91 Å². The molecule has 0 aliphatic carbocycles. The molecule has 5 heteroatoms. The number of carbonyl (C=O) groups excluding carboxylic acids is 1. The maximum Gasteiger partial charge on any atom is 0.237 e. The van der Waals surface area contributed by atoms with Gasteiger partial charge in [-0.05, 0) is 43.1 Å². The van der Waals surface area contributed by atoms with Gasteiger partial charge in [0.1, 0.15) is 0 Å². The van der Waals surface area contributed by atoms with Gasteiger partial charge in [0.15, 0.2) is 0 Å². The Labute approximate surface area is 157 Å². The fourth-order valence-corrected chi connectivity index (χ4v) is 4.55. The molecule has 2 heterocycles. The summed E-state index contributed by atoms with van der Waals surface area (Å²) >= 11 is 1.74. The van der Waals surface area contributed by atoms with Gasteiger partial charge in [-0.25, -0.2) is 4.98 Å². The van der Waals surface area contributed by atoms with Crippen molar-refractivity contribution in [1.82, 2.24) is 15.2 Å². The number of rotatable bonds is 5. The average Bonchev–Trinajstić information content (AvgIpc) is 3.07. The summed E-state index contributed by atoms with van der Waals surface area (Å²) in [5.41, 5.74) is 3.69. The van der Waals surface area contributed by atoms with Crippen molar-refractivity contribution in [2.24, 2.45) is 0 Å².